The number of pyridine rings is 1. The molecule has 0 unspecified atom stereocenters. The van der Waals surface area contributed by atoms with Crippen LogP contribution in [0.2, 0.25) is 0 Å². The Balaban J connectivity index is 1.66. The van der Waals surface area contributed by atoms with Gasteiger partial charge in [-0.05, 0) is 24.6 Å². The number of anilines is 1. The third kappa shape index (κ3) is 3.31. The van der Waals surface area contributed by atoms with Crippen molar-refractivity contribution in [1.82, 2.24) is 4.98 Å². The smallest absolute Gasteiger partial charge is 0.255 e. The maximum atomic E-state index is 12.6. The Kier molecular flexibility index (Phi) is 4.75. The second-order valence-electron chi connectivity index (χ2n) is 5.10. The molecule has 0 saturated heterocycles. The van der Waals surface area contributed by atoms with E-state index >= 15 is 0 Å². The third-order valence-electron chi connectivity index (χ3n) is 3.55. The zero-order valence-electron chi connectivity index (χ0n) is 12.4. The van der Waals surface area contributed by atoms with E-state index in [0.29, 0.717) is 13.2 Å². The maximum Gasteiger partial charge on any atom is 0.255 e. The number of hydrogen-bond acceptors (Lipinski definition) is 4. The highest BCUT2D eigenvalue weighted by Gasteiger charge is 2.27. The van der Waals surface area contributed by atoms with E-state index in [1.54, 1.807) is 22.9 Å². The van der Waals surface area contributed by atoms with E-state index in [4.69, 9.17) is 4.74 Å². The van der Waals surface area contributed by atoms with Gasteiger partial charge in [-0.1, -0.05) is 30.3 Å². The van der Waals surface area contributed by atoms with Gasteiger partial charge in [0.15, 0.2) is 0 Å². The first-order chi connectivity index (χ1) is 10.8. The van der Waals surface area contributed by atoms with Crippen LogP contribution in [-0.4, -0.2) is 29.3 Å². The summed E-state index contributed by atoms with van der Waals surface area (Å²) < 4.78 is 5.74. The van der Waals surface area contributed by atoms with Crippen LogP contribution in [0, 0.1) is 0 Å². The summed E-state index contributed by atoms with van der Waals surface area (Å²) in [5, 5.41) is 0.914. The molecule has 0 fully saturated rings. The predicted molar refractivity (Wildman–Crippen MR) is 88.0 cm³/mol. The van der Waals surface area contributed by atoms with E-state index < -0.39 is 6.10 Å². The highest BCUT2D eigenvalue weighted by molar-refractivity contribution is 7.99. The van der Waals surface area contributed by atoms with Crippen LogP contribution < -0.4 is 4.90 Å². The molecule has 5 heteroatoms. The van der Waals surface area contributed by atoms with E-state index in [2.05, 4.69) is 4.98 Å². The number of fused-ring (bicyclic) bond motifs is 1. The molecule has 1 aromatic carbocycles. The highest BCUT2D eigenvalue weighted by Crippen LogP contribution is 2.32. The molecule has 1 aliphatic heterocycles. The SMILES string of the molecule is C[C@@H](OCc1ccccc1)C(=O)N1CCSc2ncccc21. The molecule has 1 aliphatic rings. The summed E-state index contributed by atoms with van der Waals surface area (Å²) in [4.78, 5) is 18.8. The summed E-state index contributed by atoms with van der Waals surface area (Å²) in [6.07, 6.45) is 1.28. The minimum atomic E-state index is -0.476. The predicted octanol–water partition coefficient (Wildman–Crippen LogP) is 3.13. The first-order valence-corrected chi connectivity index (χ1v) is 8.29. The molecule has 114 valence electrons. The van der Waals surface area contributed by atoms with Gasteiger partial charge in [0.05, 0.1) is 12.3 Å². The van der Waals surface area contributed by atoms with Crippen LogP contribution in [-0.2, 0) is 16.1 Å². The lowest BCUT2D eigenvalue weighted by Crippen LogP contribution is -2.42. The fourth-order valence-electron chi connectivity index (χ4n) is 2.37. The van der Waals surface area contributed by atoms with Crippen molar-refractivity contribution in [2.75, 3.05) is 17.2 Å². The van der Waals surface area contributed by atoms with Gasteiger partial charge in [0, 0.05) is 18.5 Å². The fraction of sp³-hybridized carbons (Fsp3) is 0.294. The largest absolute Gasteiger partial charge is 0.364 e. The summed E-state index contributed by atoms with van der Waals surface area (Å²) in [5.74, 6) is 0.853. The summed E-state index contributed by atoms with van der Waals surface area (Å²) in [6, 6.07) is 13.7. The molecular formula is C17H18N2O2S. The molecule has 0 bridgehead atoms. The molecular weight excluding hydrogens is 296 g/mol. The molecule has 1 aromatic heterocycles. The van der Waals surface area contributed by atoms with E-state index in [9.17, 15) is 4.79 Å². The molecule has 2 heterocycles. The average Bonchev–Trinajstić information content (AvgIpc) is 2.59. The lowest BCUT2D eigenvalue weighted by molar-refractivity contribution is -0.129. The quantitative estimate of drug-likeness (QED) is 0.869. The van der Waals surface area contributed by atoms with Crippen LogP contribution in [0.3, 0.4) is 0 Å². The Bertz CT molecular complexity index is 648. The summed E-state index contributed by atoms with van der Waals surface area (Å²) >= 11 is 1.69. The zero-order valence-corrected chi connectivity index (χ0v) is 13.3. The van der Waals surface area contributed by atoms with Gasteiger partial charge in [-0.2, -0.15) is 0 Å². The van der Waals surface area contributed by atoms with Gasteiger partial charge in [0.2, 0.25) is 0 Å². The van der Waals surface area contributed by atoms with Crippen LogP contribution in [0.25, 0.3) is 0 Å². The zero-order chi connectivity index (χ0) is 15.4. The van der Waals surface area contributed by atoms with Gasteiger partial charge in [-0.15, -0.1) is 11.8 Å². The Labute approximate surface area is 134 Å². The topological polar surface area (TPSA) is 42.4 Å². The molecule has 0 aliphatic carbocycles. The highest BCUT2D eigenvalue weighted by atomic mass is 32.2. The standard InChI is InChI=1S/C17H18N2O2S/c1-13(21-12-14-6-3-2-4-7-14)17(20)19-10-11-22-16-15(19)8-5-9-18-16/h2-9,13H,10-12H2,1H3/t13-/m1/s1. The van der Waals surface area contributed by atoms with Crippen molar-refractivity contribution < 1.29 is 9.53 Å². The first-order valence-electron chi connectivity index (χ1n) is 7.30. The van der Waals surface area contributed by atoms with Crippen LogP contribution >= 0.6 is 11.8 Å². The van der Waals surface area contributed by atoms with Crippen molar-refractivity contribution in [3.63, 3.8) is 0 Å². The fourth-order valence-corrected chi connectivity index (χ4v) is 3.30. The van der Waals surface area contributed by atoms with E-state index in [1.807, 2.05) is 49.4 Å². The molecule has 0 radical (unpaired) electrons. The summed E-state index contributed by atoms with van der Waals surface area (Å²) in [7, 11) is 0. The summed E-state index contributed by atoms with van der Waals surface area (Å²) in [6.45, 7) is 2.94. The Hall–Kier alpha value is -1.85. The maximum absolute atomic E-state index is 12.6. The van der Waals surface area contributed by atoms with Crippen LogP contribution in [0.15, 0.2) is 53.7 Å². The molecule has 1 amide bonds. The van der Waals surface area contributed by atoms with Crippen molar-refractivity contribution in [1.29, 1.82) is 0 Å². The van der Waals surface area contributed by atoms with Gasteiger partial charge in [0.25, 0.3) is 5.91 Å². The Morgan fingerprint density at radius 1 is 1.32 bits per heavy atom. The Morgan fingerprint density at radius 2 is 2.14 bits per heavy atom. The van der Waals surface area contributed by atoms with Gasteiger partial charge in [-0.25, -0.2) is 4.98 Å². The number of aromatic nitrogens is 1. The van der Waals surface area contributed by atoms with Gasteiger partial charge in [0.1, 0.15) is 11.1 Å². The third-order valence-corrected chi connectivity index (χ3v) is 4.53. The van der Waals surface area contributed by atoms with Gasteiger partial charge in [-0.3, -0.25) is 4.79 Å². The van der Waals surface area contributed by atoms with Crippen LogP contribution in [0.4, 0.5) is 5.69 Å². The van der Waals surface area contributed by atoms with E-state index in [-0.39, 0.29) is 5.91 Å². The number of carbonyl (C=O) groups is 1. The molecule has 4 nitrogen and oxygen atoms in total. The molecule has 2 aromatic rings. The second-order valence-corrected chi connectivity index (χ2v) is 6.19. The molecule has 1 atom stereocenters. The van der Waals surface area contributed by atoms with E-state index in [0.717, 1.165) is 22.0 Å². The molecule has 0 saturated carbocycles. The number of benzene rings is 1. The minimum absolute atomic E-state index is 0.00881. The van der Waals surface area contributed by atoms with E-state index in [1.165, 1.54) is 0 Å². The van der Waals surface area contributed by atoms with Gasteiger partial charge >= 0.3 is 0 Å². The Morgan fingerprint density at radius 3 is 2.95 bits per heavy atom. The minimum Gasteiger partial charge on any atom is -0.364 e. The number of rotatable bonds is 4. The van der Waals surface area contributed by atoms with Crippen molar-refractivity contribution in [2.24, 2.45) is 0 Å². The number of amides is 1. The van der Waals surface area contributed by atoms with Crippen molar-refractivity contribution >= 4 is 23.4 Å². The van der Waals surface area contributed by atoms with Crippen molar-refractivity contribution in [3.8, 4) is 0 Å². The normalized spacial score (nSPS) is 15.2. The first kappa shape index (κ1) is 15.1. The van der Waals surface area contributed by atoms with Crippen molar-refractivity contribution in [3.05, 3.63) is 54.2 Å². The van der Waals surface area contributed by atoms with Crippen LogP contribution in [0.1, 0.15) is 12.5 Å². The average molecular weight is 314 g/mol. The number of hydrogen-bond donors (Lipinski definition) is 0. The molecule has 0 N–H and O–H groups in total. The number of nitrogens with zero attached hydrogens (tertiary/aromatic N) is 2. The second kappa shape index (κ2) is 6.94. The van der Waals surface area contributed by atoms with Gasteiger partial charge < -0.3 is 9.64 Å². The molecule has 22 heavy (non-hydrogen) atoms. The monoisotopic (exact) mass is 314 g/mol. The molecule has 3 rings (SSSR count). The lowest BCUT2D eigenvalue weighted by Gasteiger charge is -2.30. The van der Waals surface area contributed by atoms with Crippen molar-refractivity contribution in [2.45, 2.75) is 24.7 Å². The van der Waals surface area contributed by atoms with Crippen LogP contribution in [0.5, 0.6) is 0 Å². The summed E-state index contributed by atoms with van der Waals surface area (Å²) in [5.41, 5.74) is 1.96. The lowest BCUT2D eigenvalue weighted by atomic mass is 10.2. The number of thioether (sulfide) groups is 1. The number of ether oxygens (including phenoxy) is 1. The molecule has 0 spiro atoms. The number of carbonyl (C=O) groups excluding carboxylic acids is 1.